The molecule has 0 N–H and O–H groups in total. The summed E-state index contributed by atoms with van der Waals surface area (Å²) >= 11 is 6.14. The van der Waals surface area contributed by atoms with E-state index < -0.39 is 5.78 Å². The van der Waals surface area contributed by atoms with Gasteiger partial charge >= 0.3 is 0 Å². The molecule has 0 atom stereocenters. The average molecular weight is 311 g/mol. The minimum Gasteiger partial charge on any atom is -0.497 e. The Hall–Kier alpha value is -2.77. The lowest BCUT2D eigenvalue weighted by Crippen LogP contribution is -1.96. The highest BCUT2D eigenvalue weighted by atomic mass is 35.5. The molecule has 0 aliphatic carbocycles. The SMILES string of the molecule is C#CC(=O)c1c(-c2ccc(OC)cc2)nn2c(Cl)cccc12. The van der Waals surface area contributed by atoms with Crippen LogP contribution in [0.5, 0.6) is 5.75 Å². The van der Waals surface area contributed by atoms with Crippen molar-refractivity contribution in [1.29, 1.82) is 0 Å². The van der Waals surface area contributed by atoms with Gasteiger partial charge in [0.05, 0.1) is 18.2 Å². The molecule has 3 aromatic rings. The van der Waals surface area contributed by atoms with Crippen molar-refractivity contribution < 1.29 is 9.53 Å². The second kappa shape index (κ2) is 5.55. The molecule has 0 fully saturated rings. The Morgan fingerprint density at radius 1 is 1.27 bits per heavy atom. The quantitative estimate of drug-likeness (QED) is 0.322. The van der Waals surface area contributed by atoms with Gasteiger partial charge in [-0.3, -0.25) is 4.79 Å². The number of aromatic nitrogens is 2. The van der Waals surface area contributed by atoms with Gasteiger partial charge in [-0.05, 0) is 42.3 Å². The molecule has 108 valence electrons. The number of benzene rings is 1. The zero-order valence-electron chi connectivity index (χ0n) is 11.7. The smallest absolute Gasteiger partial charge is 0.240 e. The first kappa shape index (κ1) is 14.2. The number of hydrogen-bond acceptors (Lipinski definition) is 3. The van der Waals surface area contributed by atoms with Crippen molar-refractivity contribution in [1.82, 2.24) is 9.61 Å². The van der Waals surface area contributed by atoms with Crippen molar-refractivity contribution in [3.8, 4) is 29.4 Å². The predicted molar refractivity (Wildman–Crippen MR) is 85.4 cm³/mol. The van der Waals surface area contributed by atoms with Crippen LogP contribution in [-0.4, -0.2) is 22.5 Å². The van der Waals surface area contributed by atoms with E-state index in [9.17, 15) is 4.79 Å². The van der Waals surface area contributed by atoms with Crippen molar-refractivity contribution in [2.24, 2.45) is 0 Å². The van der Waals surface area contributed by atoms with Crippen LogP contribution in [0.25, 0.3) is 16.8 Å². The lowest BCUT2D eigenvalue weighted by molar-refractivity contribution is 0.105. The number of pyridine rings is 1. The Morgan fingerprint density at radius 2 is 2.00 bits per heavy atom. The molecule has 0 saturated carbocycles. The summed E-state index contributed by atoms with van der Waals surface area (Å²) in [5, 5.41) is 4.84. The normalized spacial score (nSPS) is 10.4. The first-order valence-corrected chi connectivity index (χ1v) is 6.86. The van der Waals surface area contributed by atoms with Crippen LogP contribution in [-0.2, 0) is 0 Å². The number of rotatable bonds is 3. The molecule has 0 amide bonds. The lowest BCUT2D eigenvalue weighted by Gasteiger charge is -2.02. The molecule has 0 unspecified atom stereocenters. The van der Waals surface area contributed by atoms with E-state index in [-0.39, 0.29) is 0 Å². The first-order valence-electron chi connectivity index (χ1n) is 6.48. The van der Waals surface area contributed by atoms with E-state index in [0.29, 0.717) is 21.9 Å². The third-order valence-corrected chi connectivity index (χ3v) is 3.62. The number of Topliss-reactive ketones (excluding diaryl/α,β-unsaturated/α-hetero) is 1. The number of carbonyl (C=O) groups is 1. The summed E-state index contributed by atoms with van der Waals surface area (Å²) in [5.41, 5.74) is 2.22. The number of carbonyl (C=O) groups excluding carboxylic acids is 1. The highest BCUT2D eigenvalue weighted by molar-refractivity contribution is 6.30. The van der Waals surface area contributed by atoms with Crippen LogP contribution < -0.4 is 4.74 Å². The fourth-order valence-electron chi connectivity index (χ4n) is 2.28. The number of ether oxygens (including phenoxy) is 1. The topological polar surface area (TPSA) is 43.6 Å². The Morgan fingerprint density at radius 3 is 2.64 bits per heavy atom. The van der Waals surface area contributed by atoms with Gasteiger partial charge in [0, 0.05) is 5.56 Å². The van der Waals surface area contributed by atoms with Crippen LogP contribution >= 0.6 is 11.6 Å². The van der Waals surface area contributed by atoms with Crippen LogP contribution in [0, 0.1) is 12.3 Å². The molecule has 2 heterocycles. The fraction of sp³-hybridized carbons (Fsp3) is 0.0588. The molecule has 0 radical (unpaired) electrons. The molecule has 0 aliphatic heterocycles. The summed E-state index contributed by atoms with van der Waals surface area (Å²) in [7, 11) is 1.59. The maximum Gasteiger partial charge on any atom is 0.240 e. The zero-order chi connectivity index (χ0) is 15.7. The molecule has 2 aromatic heterocycles. The van der Waals surface area contributed by atoms with Crippen molar-refractivity contribution in [2.45, 2.75) is 0 Å². The van der Waals surface area contributed by atoms with Gasteiger partial charge in [0.2, 0.25) is 5.78 Å². The molecule has 3 rings (SSSR count). The van der Waals surface area contributed by atoms with E-state index in [0.717, 1.165) is 11.3 Å². The van der Waals surface area contributed by atoms with E-state index in [2.05, 4.69) is 11.0 Å². The van der Waals surface area contributed by atoms with E-state index in [4.69, 9.17) is 22.8 Å². The number of ketones is 1. The lowest BCUT2D eigenvalue weighted by atomic mass is 10.0. The molecular weight excluding hydrogens is 300 g/mol. The second-order valence-electron chi connectivity index (χ2n) is 4.57. The van der Waals surface area contributed by atoms with Crippen LogP contribution in [0.4, 0.5) is 0 Å². The second-order valence-corrected chi connectivity index (χ2v) is 4.96. The Bertz CT molecular complexity index is 905. The number of halogens is 1. The van der Waals surface area contributed by atoms with Crippen molar-refractivity contribution >= 4 is 22.9 Å². The van der Waals surface area contributed by atoms with E-state index >= 15 is 0 Å². The summed E-state index contributed by atoms with van der Waals surface area (Å²) in [6, 6.07) is 12.4. The predicted octanol–water partition coefficient (Wildman–Crippen LogP) is 3.48. The standard InChI is InChI=1S/C17H11ClN2O2/c1-3-14(21)16-13-5-4-6-15(18)20(13)19-17(16)11-7-9-12(22-2)10-8-11/h1,4-10H,2H3. The van der Waals surface area contributed by atoms with Crippen LogP contribution in [0.2, 0.25) is 5.15 Å². The maximum absolute atomic E-state index is 12.2. The molecule has 0 spiro atoms. The zero-order valence-corrected chi connectivity index (χ0v) is 12.5. The van der Waals surface area contributed by atoms with Gasteiger partial charge < -0.3 is 4.74 Å². The van der Waals surface area contributed by atoms with Gasteiger partial charge in [-0.15, -0.1) is 6.42 Å². The van der Waals surface area contributed by atoms with Crippen LogP contribution in [0.3, 0.4) is 0 Å². The van der Waals surface area contributed by atoms with Gasteiger partial charge in [-0.25, -0.2) is 4.52 Å². The van der Waals surface area contributed by atoms with Crippen molar-refractivity contribution in [3.63, 3.8) is 0 Å². The maximum atomic E-state index is 12.2. The Balaban J connectivity index is 2.30. The first-order chi connectivity index (χ1) is 10.7. The fourth-order valence-corrected chi connectivity index (χ4v) is 2.49. The highest BCUT2D eigenvalue weighted by Gasteiger charge is 2.20. The summed E-state index contributed by atoms with van der Waals surface area (Å²) in [4.78, 5) is 12.2. The molecule has 1 aromatic carbocycles. The molecule has 4 nitrogen and oxygen atoms in total. The molecule has 0 bridgehead atoms. The summed E-state index contributed by atoms with van der Waals surface area (Å²) < 4.78 is 6.64. The summed E-state index contributed by atoms with van der Waals surface area (Å²) in [6.45, 7) is 0. The van der Waals surface area contributed by atoms with Crippen LogP contribution in [0.15, 0.2) is 42.5 Å². The van der Waals surface area contributed by atoms with Crippen molar-refractivity contribution in [3.05, 3.63) is 53.2 Å². The Kier molecular flexibility index (Phi) is 3.58. The van der Waals surface area contributed by atoms with E-state index in [1.807, 2.05) is 12.1 Å². The average Bonchev–Trinajstić information content (AvgIpc) is 2.95. The van der Waals surface area contributed by atoms with E-state index in [1.165, 1.54) is 4.52 Å². The molecule has 22 heavy (non-hydrogen) atoms. The van der Waals surface area contributed by atoms with Gasteiger partial charge in [-0.1, -0.05) is 17.7 Å². The number of nitrogens with zero attached hydrogens (tertiary/aromatic N) is 2. The van der Waals surface area contributed by atoms with Gasteiger partial charge in [-0.2, -0.15) is 5.10 Å². The van der Waals surface area contributed by atoms with Crippen LogP contribution in [0.1, 0.15) is 10.4 Å². The number of fused-ring (bicyclic) bond motifs is 1. The Labute approximate surface area is 132 Å². The minimum absolute atomic E-state index is 0.371. The summed E-state index contributed by atoms with van der Waals surface area (Å²) in [5.74, 6) is 2.44. The largest absolute Gasteiger partial charge is 0.497 e. The third-order valence-electron chi connectivity index (χ3n) is 3.33. The highest BCUT2D eigenvalue weighted by Crippen LogP contribution is 2.29. The molecule has 0 saturated heterocycles. The molecular formula is C17H11ClN2O2. The number of hydrogen-bond donors (Lipinski definition) is 0. The van der Waals surface area contributed by atoms with Gasteiger partial charge in [0.15, 0.2) is 0 Å². The van der Waals surface area contributed by atoms with E-state index in [1.54, 1.807) is 37.4 Å². The number of methoxy groups -OCH3 is 1. The van der Waals surface area contributed by atoms with Crippen molar-refractivity contribution in [2.75, 3.05) is 7.11 Å². The molecule has 5 heteroatoms. The van der Waals surface area contributed by atoms with Gasteiger partial charge in [0.1, 0.15) is 16.6 Å². The molecule has 0 aliphatic rings. The monoisotopic (exact) mass is 310 g/mol. The minimum atomic E-state index is -0.428. The third kappa shape index (κ3) is 2.22. The van der Waals surface area contributed by atoms with Gasteiger partial charge in [0.25, 0.3) is 0 Å². The number of terminal acetylenes is 1. The summed E-state index contributed by atoms with van der Waals surface area (Å²) in [6.07, 6.45) is 5.30.